The largest absolute Gasteiger partial charge is 0.394 e. The summed E-state index contributed by atoms with van der Waals surface area (Å²) in [5, 5.41) is 127. The molecule has 4 aliphatic rings. The summed E-state index contributed by atoms with van der Waals surface area (Å²) in [6.07, 6.45) is -27.9. The first-order valence-corrected chi connectivity index (χ1v) is 15.4. The van der Waals surface area contributed by atoms with Gasteiger partial charge in [-0.1, -0.05) is 0 Å². The van der Waals surface area contributed by atoms with Gasteiger partial charge in [0.25, 0.3) is 0 Å². The quantitative estimate of drug-likeness (QED) is 0.0887. The standard InChI is InChI=1S/C27H47NO20/c1-8-16(35)20(39)23(12(5-30)42-8)46-24-10(34)3-27(41,14(7-32)45-24)48-25-15(28-9(2)33)18(37)22(13(6-31)44-25)47-26-21(40)19(38)17(36)11(4-29)43-26/h8,10-26,29-32,34-41H,3-7H2,1-2H3,(H,28,33)/t8?,10?,11?,12?,13?,14?,15?,16?,17-,18+,19-,20+,21?,22+,23+,24-,25-,26-,27-/m0/s1. The molecule has 0 aromatic carbocycles. The molecule has 0 radical (unpaired) electrons. The van der Waals surface area contributed by atoms with Crippen LogP contribution in [0.5, 0.6) is 0 Å². The van der Waals surface area contributed by atoms with Gasteiger partial charge in [-0.05, 0) is 6.92 Å². The van der Waals surface area contributed by atoms with Crippen LogP contribution in [-0.4, -0.2) is 210 Å². The minimum Gasteiger partial charge on any atom is -0.394 e. The molecular formula is C27H47NO20. The van der Waals surface area contributed by atoms with Crippen molar-refractivity contribution < 1.29 is 99.2 Å². The van der Waals surface area contributed by atoms with E-state index in [0.717, 1.165) is 6.92 Å². The molecule has 4 fully saturated rings. The molecule has 21 heteroatoms. The molecule has 0 aliphatic carbocycles. The predicted octanol–water partition coefficient (Wildman–Crippen LogP) is -8.19. The summed E-state index contributed by atoms with van der Waals surface area (Å²) < 4.78 is 39.1. The van der Waals surface area contributed by atoms with E-state index in [4.69, 9.17) is 33.2 Å². The van der Waals surface area contributed by atoms with Gasteiger partial charge in [0, 0.05) is 13.3 Å². The van der Waals surface area contributed by atoms with E-state index in [2.05, 4.69) is 5.32 Å². The lowest BCUT2D eigenvalue weighted by molar-refractivity contribution is -0.419. The second-order valence-corrected chi connectivity index (χ2v) is 12.3. The Morgan fingerprint density at radius 1 is 0.688 bits per heavy atom. The Bertz CT molecular complexity index is 1040. The van der Waals surface area contributed by atoms with Crippen molar-refractivity contribution in [1.29, 1.82) is 0 Å². The molecule has 4 heterocycles. The molecule has 48 heavy (non-hydrogen) atoms. The molecule has 0 bridgehead atoms. The molecule has 0 aromatic rings. The number of carbonyl (C=O) groups is 1. The number of hydrogen-bond donors (Lipinski definition) is 13. The van der Waals surface area contributed by atoms with E-state index >= 15 is 0 Å². The van der Waals surface area contributed by atoms with Crippen molar-refractivity contribution in [2.45, 2.75) is 136 Å². The highest BCUT2D eigenvalue weighted by Crippen LogP contribution is 2.37. The maximum Gasteiger partial charge on any atom is 0.217 e. The predicted molar refractivity (Wildman–Crippen MR) is 149 cm³/mol. The van der Waals surface area contributed by atoms with Crippen LogP contribution in [0.4, 0.5) is 0 Å². The Balaban J connectivity index is 1.51. The Hall–Kier alpha value is -1.29. The van der Waals surface area contributed by atoms with E-state index in [-0.39, 0.29) is 0 Å². The van der Waals surface area contributed by atoms with Crippen molar-refractivity contribution in [2.75, 3.05) is 26.4 Å². The number of aliphatic hydroxyl groups is 12. The van der Waals surface area contributed by atoms with Crippen molar-refractivity contribution in [3.8, 4) is 0 Å². The Morgan fingerprint density at radius 3 is 1.83 bits per heavy atom. The van der Waals surface area contributed by atoms with Gasteiger partial charge in [0.15, 0.2) is 24.7 Å². The van der Waals surface area contributed by atoms with E-state index < -0.39 is 155 Å². The highest BCUT2D eigenvalue weighted by atomic mass is 16.8. The number of ether oxygens (including phenoxy) is 7. The number of nitrogens with one attached hydrogen (secondary N) is 1. The third-order valence-corrected chi connectivity index (χ3v) is 8.86. The molecule has 21 nitrogen and oxygen atoms in total. The monoisotopic (exact) mass is 705 g/mol. The molecule has 4 aliphatic heterocycles. The van der Waals surface area contributed by atoms with Crippen molar-refractivity contribution in [3.05, 3.63) is 0 Å². The number of hydrogen-bond acceptors (Lipinski definition) is 20. The van der Waals surface area contributed by atoms with Crippen molar-refractivity contribution in [1.82, 2.24) is 5.32 Å². The first kappa shape index (κ1) is 39.5. The fraction of sp³-hybridized carbons (Fsp3) is 0.963. The first-order valence-electron chi connectivity index (χ1n) is 15.4. The van der Waals surface area contributed by atoms with Crippen LogP contribution >= 0.6 is 0 Å². The summed E-state index contributed by atoms with van der Waals surface area (Å²) in [6.45, 7) is -0.770. The summed E-state index contributed by atoms with van der Waals surface area (Å²) >= 11 is 0. The zero-order chi connectivity index (χ0) is 35.7. The molecule has 0 spiro atoms. The third kappa shape index (κ3) is 8.10. The van der Waals surface area contributed by atoms with Crippen molar-refractivity contribution >= 4 is 5.91 Å². The van der Waals surface area contributed by atoms with Crippen LogP contribution < -0.4 is 5.32 Å². The number of aliphatic hydroxyl groups excluding tert-OH is 11. The third-order valence-electron chi connectivity index (χ3n) is 8.86. The fourth-order valence-corrected chi connectivity index (χ4v) is 6.17. The summed E-state index contributed by atoms with van der Waals surface area (Å²) in [4.78, 5) is 12.1. The second kappa shape index (κ2) is 16.4. The van der Waals surface area contributed by atoms with Gasteiger partial charge < -0.3 is 99.8 Å². The minimum atomic E-state index is -2.63. The Morgan fingerprint density at radius 2 is 1.25 bits per heavy atom. The van der Waals surface area contributed by atoms with Gasteiger partial charge in [0.2, 0.25) is 5.91 Å². The maximum absolute atomic E-state index is 12.1. The lowest BCUT2D eigenvalue weighted by atomic mass is 9.94. The van der Waals surface area contributed by atoms with E-state index in [1.54, 1.807) is 0 Å². The zero-order valence-corrected chi connectivity index (χ0v) is 26.1. The first-order chi connectivity index (χ1) is 22.6. The van der Waals surface area contributed by atoms with Crippen LogP contribution in [0.1, 0.15) is 20.3 Å². The van der Waals surface area contributed by atoms with E-state index in [1.807, 2.05) is 0 Å². The van der Waals surface area contributed by atoms with E-state index in [9.17, 15) is 66.1 Å². The lowest BCUT2D eigenvalue weighted by Gasteiger charge is -2.51. The molecule has 9 unspecified atom stereocenters. The number of carbonyl (C=O) groups excluding carboxylic acids is 1. The van der Waals surface area contributed by atoms with Gasteiger partial charge in [0.05, 0.1) is 32.5 Å². The van der Waals surface area contributed by atoms with Gasteiger partial charge >= 0.3 is 0 Å². The number of amides is 1. The molecule has 13 N–H and O–H groups in total. The van der Waals surface area contributed by atoms with E-state index in [1.165, 1.54) is 6.92 Å². The topological polar surface area (TPSA) is 336 Å². The van der Waals surface area contributed by atoms with Gasteiger partial charge in [-0.3, -0.25) is 4.79 Å². The molecule has 0 aromatic heterocycles. The Kier molecular flexibility index (Phi) is 13.5. The average molecular weight is 706 g/mol. The normalized spacial score (nSPS) is 50.2. The van der Waals surface area contributed by atoms with Crippen LogP contribution in [0.3, 0.4) is 0 Å². The molecule has 4 rings (SSSR count). The summed E-state index contributed by atoms with van der Waals surface area (Å²) in [5.74, 6) is -3.38. The summed E-state index contributed by atoms with van der Waals surface area (Å²) in [5.41, 5.74) is 0. The van der Waals surface area contributed by atoms with E-state index in [0.29, 0.717) is 0 Å². The van der Waals surface area contributed by atoms with Crippen LogP contribution in [0, 0.1) is 0 Å². The molecule has 19 atom stereocenters. The van der Waals surface area contributed by atoms with Crippen molar-refractivity contribution in [3.63, 3.8) is 0 Å². The van der Waals surface area contributed by atoms with Gasteiger partial charge in [-0.15, -0.1) is 0 Å². The summed E-state index contributed by atoms with van der Waals surface area (Å²) in [7, 11) is 0. The zero-order valence-electron chi connectivity index (χ0n) is 26.1. The SMILES string of the molecule is CC(=O)NC1[C@H](O[C@@]2(O)CC(O)[C@H](O[C@@H]3C(CO)OC(C)C(O)[C@H]3O)OC2CO)OC(CO)[C@@H](O[C@@H]2OC(CO)[C@H](O)[C@H](O)C2O)[C@@H]1O. The van der Waals surface area contributed by atoms with Gasteiger partial charge in [0.1, 0.15) is 85.4 Å². The van der Waals surface area contributed by atoms with Crippen LogP contribution in [0.2, 0.25) is 0 Å². The summed E-state index contributed by atoms with van der Waals surface area (Å²) in [6, 6.07) is -1.61. The molecular weight excluding hydrogens is 658 g/mol. The van der Waals surface area contributed by atoms with Crippen LogP contribution in [-0.2, 0) is 38.0 Å². The van der Waals surface area contributed by atoms with Crippen LogP contribution in [0.15, 0.2) is 0 Å². The number of rotatable bonds is 11. The molecule has 1 amide bonds. The molecule has 280 valence electrons. The van der Waals surface area contributed by atoms with Crippen LogP contribution in [0.25, 0.3) is 0 Å². The minimum absolute atomic E-state index is 0.642. The average Bonchev–Trinajstić information content (AvgIpc) is 3.04. The maximum atomic E-state index is 12.1. The molecule has 4 saturated heterocycles. The lowest BCUT2D eigenvalue weighted by Crippen LogP contribution is -2.70. The van der Waals surface area contributed by atoms with Crippen molar-refractivity contribution in [2.24, 2.45) is 0 Å². The highest BCUT2D eigenvalue weighted by molar-refractivity contribution is 5.73. The molecule has 0 saturated carbocycles. The van der Waals surface area contributed by atoms with Gasteiger partial charge in [-0.25, -0.2) is 0 Å². The second-order valence-electron chi connectivity index (χ2n) is 12.3. The van der Waals surface area contributed by atoms with Gasteiger partial charge in [-0.2, -0.15) is 0 Å². The Labute approximate surface area is 273 Å². The highest BCUT2D eigenvalue weighted by Gasteiger charge is 2.57. The fourth-order valence-electron chi connectivity index (χ4n) is 6.17. The smallest absolute Gasteiger partial charge is 0.217 e.